The summed E-state index contributed by atoms with van der Waals surface area (Å²) in [5.74, 6) is 0. The van der Waals surface area contributed by atoms with Crippen molar-refractivity contribution in [1.82, 2.24) is 10.2 Å². The molecule has 4 nitrogen and oxygen atoms in total. The Balaban J connectivity index is 2.28. The van der Waals surface area contributed by atoms with Gasteiger partial charge in [0.25, 0.3) is 0 Å². The summed E-state index contributed by atoms with van der Waals surface area (Å²) in [6, 6.07) is 2.75. The third-order valence-corrected chi connectivity index (χ3v) is 3.32. The first-order valence-corrected chi connectivity index (χ1v) is 7.05. The highest BCUT2D eigenvalue weighted by Gasteiger charge is 2.24. The Hall–Kier alpha value is -0.630. The van der Waals surface area contributed by atoms with Gasteiger partial charge in [-0.25, -0.2) is 0 Å². The van der Waals surface area contributed by atoms with Gasteiger partial charge in [0.2, 0.25) is 0 Å². The highest BCUT2D eigenvalue weighted by molar-refractivity contribution is 5.04. The van der Waals surface area contributed by atoms with Crippen LogP contribution >= 0.6 is 0 Å². The molecule has 0 aromatic carbocycles. The minimum Gasteiger partial charge on any atom is -0.380 e. The molecule has 1 atom stereocenters. The van der Waals surface area contributed by atoms with Gasteiger partial charge >= 0.3 is 0 Å². The number of ether oxygens (including phenoxy) is 1. The van der Waals surface area contributed by atoms with Gasteiger partial charge < -0.3 is 9.64 Å². The lowest BCUT2D eigenvalue weighted by Crippen LogP contribution is -2.45. The second-order valence-electron chi connectivity index (χ2n) is 5.65. The zero-order valence-corrected chi connectivity index (χ0v) is 12.0. The molecule has 18 heavy (non-hydrogen) atoms. The first kappa shape index (κ1) is 15.4. The van der Waals surface area contributed by atoms with Crippen LogP contribution in [0.25, 0.3) is 0 Å². The van der Waals surface area contributed by atoms with Crippen LogP contribution in [0.2, 0.25) is 0 Å². The lowest BCUT2D eigenvalue weighted by atomic mass is 9.96. The Morgan fingerprint density at radius 1 is 1.39 bits per heavy atom. The monoisotopic (exact) mass is 253 g/mol. The smallest absolute Gasteiger partial charge is 0.104 e. The molecule has 104 valence electrons. The van der Waals surface area contributed by atoms with Crippen molar-refractivity contribution in [3.63, 3.8) is 0 Å². The molecule has 0 aliphatic carbocycles. The van der Waals surface area contributed by atoms with E-state index in [-0.39, 0.29) is 0 Å². The van der Waals surface area contributed by atoms with E-state index in [0.29, 0.717) is 6.04 Å². The number of hydrogen-bond donors (Lipinski definition) is 1. The van der Waals surface area contributed by atoms with Gasteiger partial charge in [-0.1, -0.05) is 0 Å². The minimum absolute atomic E-state index is 0.348. The predicted molar refractivity (Wildman–Crippen MR) is 73.4 cm³/mol. The van der Waals surface area contributed by atoms with Crippen molar-refractivity contribution in [2.45, 2.75) is 51.6 Å². The molecule has 1 fully saturated rings. The molecule has 1 aliphatic rings. The Morgan fingerprint density at radius 2 is 2.17 bits per heavy atom. The largest absolute Gasteiger partial charge is 0.380 e. The van der Waals surface area contributed by atoms with E-state index in [4.69, 9.17) is 4.74 Å². The fourth-order valence-electron chi connectivity index (χ4n) is 2.48. The summed E-state index contributed by atoms with van der Waals surface area (Å²) >= 11 is 0. The summed E-state index contributed by atoms with van der Waals surface area (Å²) in [5, 5.41) is 12.6. The first-order chi connectivity index (χ1) is 8.56. The zero-order chi connectivity index (χ0) is 13.4. The van der Waals surface area contributed by atoms with E-state index in [1.807, 2.05) is 6.92 Å². The number of nitrogens with zero attached hydrogens (tertiary/aromatic N) is 2. The summed E-state index contributed by atoms with van der Waals surface area (Å²) in [6.07, 6.45) is 3.09. The van der Waals surface area contributed by atoms with E-state index < -0.39 is 5.54 Å². The molecule has 1 aliphatic heterocycles. The van der Waals surface area contributed by atoms with Gasteiger partial charge in [0.15, 0.2) is 0 Å². The quantitative estimate of drug-likeness (QED) is 0.784. The lowest BCUT2D eigenvalue weighted by molar-refractivity contribution is 0.140. The SMILES string of the molecule is CC(C)NC(C)(C#N)CCCN1CCCOCC1. The lowest BCUT2D eigenvalue weighted by Gasteiger charge is -2.27. The van der Waals surface area contributed by atoms with Crippen LogP contribution in [-0.2, 0) is 4.74 Å². The molecule has 0 aromatic heterocycles. The Bertz CT molecular complexity index is 267. The highest BCUT2D eigenvalue weighted by atomic mass is 16.5. The van der Waals surface area contributed by atoms with Crippen LogP contribution in [0, 0.1) is 11.3 Å². The first-order valence-electron chi connectivity index (χ1n) is 7.05. The predicted octanol–water partition coefficient (Wildman–Crippen LogP) is 1.77. The number of nitriles is 1. The second kappa shape index (κ2) is 7.73. The molecule has 1 rings (SSSR count). The van der Waals surface area contributed by atoms with E-state index in [1.165, 1.54) is 0 Å². The molecular formula is C14H27N3O. The van der Waals surface area contributed by atoms with Crippen molar-refractivity contribution < 1.29 is 4.74 Å². The molecule has 0 bridgehead atoms. The third-order valence-electron chi connectivity index (χ3n) is 3.32. The van der Waals surface area contributed by atoms with Gasteiger partial charge in [0, 0.05) is 25.7 Å². The fraction of sp³-hybridized carbons (Fsp3) is 0.929. The third kappa shape index (κ3) is 5.81. The molecular weight excluding hydrogens is 226 g/mol. The topological polar surface area (TPSA) is 48.3 Å². The average Bonchev–Trinajstić information content (AvgIpc) is 2.57. The van der Waals surface area contributed by atoms with Gasteiger partial charge in [0.05, 0.1) is 12.7 Å². The molecule has 4 heteroatoms. The average molecular weight is 253 g/mol. The van der Waals surface area contributed by atoms with Crippen LogP contribution in [0.15, 0.2) is 0 Å². The van der Waals surface area contributed by atoms with E-state index in [1.54, 1.807) is 0 Å². The number of nitrogens with one attached hydrogen (secondary N) is 1. The summed E-state index contributed by atoms with van der Waals surface area (Å²) in [6.45, 7) is 11.1. The van der Waals surface area contributed by atoms with Crippen molar-refractivity contribution in [3.8, 4) is 6.07 Å². The van der Waals surface area contributed by atoms with Gasteiger partial charge in [-0.15, -0.1) is 0 Å². The molecule has 0 saturated carbocycles. The standard InChI is InChI=1S/C14H27N3O/c1-13(2)16-14(3,12-15)6-4-7-17-8-5-10-18-11-9-17/h13,16H,4-11H2,1-3H3. The normalized spacial score (nSPS) is 21.3. The van der Waals surface area contributed by atoms with Crippen molar-refractivity contribution >= 4 is 0 Å². The molecule has 0 radical (unpaired) electrons. The maximum absolute atomic E-state index is 9.27. The van der Waals surface area contributed by atoms with E-state index in [2.05, 4.69) is 30.1 Å². The molecule has 1 unspecified atom stereocenters. The van der Waals surface area contributed by atoms with Crippen molar-refractivity contribution in [2.75, 3.05) is 32.8 Å². The van der Waals surface area contributed by atoms with Gasteiger partial charge in [0.1, 0.15) is 5.54 Å². The molecule has 1 heterocycles. The Labute approximate surface area is 111 Å². The summed E-state index contributed by atoms with van der Waals surface area (Å²) in [4.78, 5) is 2.44. The molecule has 0 amide bonds. The van der Waals surface area contributed by atoms with Crippen LogP contribution in [0.3, 0.4) is 0 Å². The number of hydrogen-bond acceptors (Lipinski definition) is 4. The number of rotatable bonds is 6. The fourth-order valence-corrected chi connectivity index (χ4v) is 2.48. The van der Waals surface area contributed by atoms with Gasteiger partial charge in [-0.3, -0.25) is 5.32 Å². The maximum Gasteiger partial charge on any atom is 0.104 e. The van der Waals surface area contributed by atoms with Crippen molar-refractivity contribution in [3.05, 3.63) is 0 Å². The minimum atomic E-state index is -0.392. The van der Waals surface area contributed by atoms with Crippen LogP contribution in [0.5, 0.6) is 0 Å². The van der Waals surface area contributed by atoms with E-state index in [0.717, 1.165) is 52.1 Å². The Morgan fingerprint density at radius 3 is 2.83 bits per heavy atom. The molecule has 1 N–H and O–H groups in total. The van der Waals surface area contributed by atoms with Crippen molar-refractivity contribution in [2.24, 2.45) is 0 Å². The highest BCUT2D eigenvalue weighted by Crippen LogP contribution is 2.13. The van der Waals surface area contributed by atoms with Gasteiger partial charge in [-0.05, 0) is 46.6 Å². The maximum atomic E-state index is 9.27. The second-order valence-corrected chi connectivity index (χ2v) is 5.65. The summed E-state index contributed by atoms with van der Waals surface area (Å²) in [7, 11) is 0. The summed E-state index contributed by atoms with van der Waals surface area (Å²) < 4.78 is 5.44. The van der Waals surface area contributed by atoms with Gasteiger partial charge in [-0.2, -0.15) is 5.26 Å². The molecule has 1 saturated heterocycles. The van der Waals surface area contributed by atoms with E-state index in [9.17, 15) is 5.26 Å². The van der Waals surface area contributed by atoms with Crippen LogP contribution in [0.1, 0.15) is 40.0 Å². The Kier molecular flexibility index (Phi) is 6.62. The van der Waals surface area contributed by atoms with Crippen molar-refractivity contribution in [1.29, 1.82) is 5.26 Å². The van der Waals surface area contributed by atoms with E-state index >= 15 is 0 Å². The summed E-state index contributed by atoms with van der Waals surface area (Å²) in [5.41, 5.74) is -0.392. The van der Waals surface area contributed by atoms with Crippen LogP contribution in [-0.4, -0.2) is 49.3 Å². The molecule has 0 aromatic rings. The molecule has 0 spiro atoms. The zero-order valence-electron chi connectivity index (χ0n) is 12.0. The van der Waals surface area contributed by atoms with Crippen LogP contribution < -0.4 is 5.32 Å². The van der Waals surface area contributed by atoms with Crippen LogP contribution in [0.4, 0.5) is 0 Å².